The Morgan fingerprint density at radius 3 is 2.77 bits per heavy atom. The molecule has 230 valence electrons. The summed E-state index contributed by atoms with van der Waals surface area (Å²) in [7, 11) is 1.52. The molecule has 0 spiro atoms. The molecule has 1 aliphatic heterocycles. The number of rotatable bonds is 11. The maximum Gasteiger partial charge on any atom is 0.326 e. The highest BCUT2D eigenvalue weighted by molar-refractivity contribution is 8.26. The number of ether oxygens (including phenoxy) is 2. The zero-order chi connectivity index (χ0) is 30.8. The molecule has 2 amide bonds. The fourth-order valence-electron chi connectivity index (χ4n) is 6.59. The first-order chi connectivity index (χ1) is 21.3. The number of amides is 2. The van der Waals surface area contributed by atoms with E-state index in [2.05, 4.69) is 5.32 Å². The second-order valence-electron chi connectivity index (χ2n) is 11.6. The molecule has 3 aliphatic carbocycles. The molecule has 2 saturated carbocycles. The summed E-state index contributed by atoms with van der Waals surface area (Å²) in [5, 5.41) is 12.2. The fraction of sp³-hybridized carbons (Fsp3) is 0.394. The topological polar surface area (TPSA) is 118 Å². The van der Waals surface area contributed by atoms with Crippen molar-refractivity contribution in [2.24, 2.45) is 11.8 Å². The van der Waals surface area contributed by atoms with Crippen LogP contribution >= 0.6 is 24.0 Å². The van der Waals surface area contributed by atoms with E-state index in [9.17, 15) is 19.5 Å². The number of carbonyl (C=O) groups excluding carboxylic acids is 2. The molecular weight excluding hydrogens is 601 g/mol. The van der Waals surface area contributed by atoms with Gasteiger partial charge in [-0.3, -0.25) is 14.5 Å². The molecule has 1 saturated heterocycles. The predicted octanol–water partition coefficient (Wildman–Crippen LogP) is 5.96. The van der Waals surface area contributed by atoms with E-state index in [1.165, 1.54) is 38.1 Å². The summed E-state index contributed by atoms with van der Waals surface area (Å²) >= 11 is 6.93. The van der Waals surface area contributed by atoms with E-state index in [1.54, 1.807) is 36.4 Å². The minimum Gasteiger partial charge on any atom is -0.497 e. The summed E-state index contributed by atoms with van der Waals surface area (Å²) in [5.74, 6) is 1.44. The van der Waals surface area contributed by atoms with Gasteiger partial charge in [-0.15, -0.1) is 0 Å². The molecule has 2 heterocycles. The molecule has 44 heavy (non-hydrogen) atoms. The zero-order valence-corrected chi connectivity index (χ0v) is 26.0. The lowest BCUT2D eigenvalue weighted by molar-refractivity contribution is -0.142. The van der Waals surface area contributed by atoms with Crippen LogP contribution in [0.5, 0.6) is 11.5 Å². The van der Waals surface area contributed by atoms with Crippen molar-refractivity contribution in [3.8, 4) is 22.8 Å². The van der Waals surface area contributed by atoms with Gasteiger partial charge in [0.1, 0.15) is 33.4 Å². The van der Waals surface area contributed by atoms with Crippen molar-refractivity contribution in [2.75, 3.05) is 13.7 Å². The molecule has 9 nitrogen and oxygen atoms in total. The van der Waals surface area contributed by atoms with Crippen molar-refractivity contribution in [2.45, 2.75) is 57.0 Å². The van der Waals surface area contributed by atoms with E-state index < -0.39 is 17.9 Å². The normalized spacial score (nSPS) is 24.1. The molecule has 4 unspecified atom stereocenters. The number of thiocarbonyl (C=S) groups is 1. The predicted molar refractivity (Wildman–Crippen MR) is 171 cm³/mol. The van der Waals surface area contributed by atoms with Crippen LogP contribution in [0, 0.1) is 11.8 Å². The lowest BCUT2D eigenvalue weighted by Gasteiger charge is -2.30. The number of methoxy groups -OCH3 is 1. The Morgan fingerprint density at radius 1 is 1.23 bits per heavy atom. The van der Waals surface area contributed by atoms with Crippen LogP contribution < -0.4 is 14.8 Å². The van der Waals surface area contributed by atoms with Crippen molar-refractivity contribution < 1.29 is 33.4 Å². The van der Waals surface area contributed by atoms with E-state index >= 15 is 0 Å². The number of thioether (sulfide) groups is 1. The maximum absolute atomic E-state index is 13.3. The number of aliphatic carboxylic acids is 1. The first-order valence-corrected chi connectivity index (χ1v) is 16.1. The highest BCUT2D eigenvalue weighted by Crippen LogP contribution is 2.49. The van der Waals surface area contributed by atoms with Gasteiger partial charge in [-0.05, 0) is 74.6 Å². The molecule has 3 fully saturated rings. The van der Waals surface area contributed by atoms with E-state index in [0.29, 0.717) is 49.6 Å². The highest BCUT2D eigenvalue weighted by atomic mass is 32.2. The first-order valence-electron chi connectivity index (χ1n) is 14.8. The summed E-state index contributed by atoms with van der Waals surface area (Å²) < 4.78 is 17.9. The smallest absolute Gasteiger partial charge is 0.326 e. The number of carboxylic acid groups (broad SMARTS) is 1. The van der Waals surface area contributed by atoms with Crippen molar-refractivity contribution >= 4 is 52.2 Å². The van der Waals surface area contributed by atoms with Gasteiger partial charge in [-0.1, -0.05) is 54.2 Å². The molecule has 4 aliphatic rings. The summed E-state index contributed by atoms with van der Waals surface area (Å²) in [6, 6.07) is 7.86. The Bertz CT molecular complexity index is 1580. The Kier molecular flexibility index (Phi) is 8.95. The fourth-order valence-corrected chi connectivity index (χ4v) is 7.95. The third kappa shape index (κ3) is 6.63. The number of allylic oxidation sites excluding steroid dienone is 3. The van der Waals surface area contributed by atoms with Crippen molar-refractivity contribution in [3.05, 3.63) is 64.8 Å². The molecule has 1 aromatic heterocycles. The van der Waals surface area contributed by atoms with E-state index in [4.69, 9.17) is 26.1 Å². The van der Waals surface area contributed by atoms with Gasteiger partial charge < -0.3 is 24.3 Å². The van der Waals surface area contributed by atoms with Crippen LogP contribution in [0.15, 0.2) is 63.5 Å². The van der Waals surface area contributed by atoms with Crippen LogP contribution in [-0.2, 0) is 14.4 Å². The van der Waals surface area contributed by atoms with Crippen LogP contribution in [0.3, 0.4) is 0 Å². The van der Waals surface area contributed by atoms with Gasteiger partial charge in [0, 0.05) is 23.7 Å². The van der Waals surface area contributed by atoms with E-state index in [-0.39, 0.29) is 25.0 Å². The number of carboxylic acids is 1. The average Bonchev–Trinajstić information content (AvgIpc) is 3.82. The second-order valence-corrected chi connectivity index (χ2v) is 13.3. The largest absolute Gasteiger partial charge is 0.497 e. The van der Waals surface area contributed by atoms with Crippen LogP contribution in [-0.4, -0.2) is 57.9 Å². The van der Waals surface area contributed by atoms with Gasteiger partial charge in [0.2, 0.25) is 0 Å². The number of nitrogens with zero attached hydrogens (tertiary/aromatic N) is 1. The summed E-state index contributed by atoms with van der Waals surface area (Å²) in [4.78, 5) is 40.1. The van der Waals surface area contributed by atoms with Gasteiger partial charge in [-0.25, -0.2) is 4.79 Å². The number of fused-ring (bicyclic) bond motifs is 2. The molecule has 4 atom stereocenters. The van der Waals surface area contributed by atoms with Crippen LogP contribution in [0.1, 0.15) is 50.7 Å². The van der Waals surface area contributed by atoms with Crippen LogP contribution in [0.4, 0.5) is 0 Å². The molecule has 1 aromatic carbocycles. The van der Waals surface area contributed by atoms with Gasteiger partial charge in [0.05, 0.1) is 12.0 Å². The Morgan fingerprint density at radius 2 is 2.07 bits per heavy atom. The van der Waals surface area contributed by atoms with Crippen molar-refractivity contribution in [3.63, 3.8) is 0 Å². The molecule has 2 bridgehead atoms. The number of furan rings is 1. The second kappa shape index (κ2) is 13.0. The summed E-state index contributed by atoms with van der Waals surface area (Å²) in [6.07, 6.45) is 14.1. The standard InChI is InChI=1S/C33H34N2O7S2/c1-40-24-14-22(15-25(16-24)41-18-30(36)34-26(32(38)39)12-19-5-3-2-4-6-19)28-10-9-23(42-28)17-29-31(37)35(33(43)44-29)27-13-20-7-8-21(27)11-20/h2-3,5,9-10,14-17,20-21,26-27H,4,6-8,11-13,18H2,1H3,(H,34,36)(H,38,39). The Labute approximate surface area is 265 Å². The molecule has 2 N–H and O–H groups in total. The van der Waals surface area contributed by atoms with Crippen LogP contribution in [0.25, 0.3) is 17.4 Å². The lowest BCUT2D eigenvalue weighted by Crippen LogP contribution is -2.43. The Hall–Kier alpha value is -3.83. The zero-order valence-electron chi connectivity index (χ0n) is 24.3. The summed E-state index contributed by atoms with van der Waals surface area (Å²) in [5.41, 5.74) is 1.62. The third-order valence-corrected chi connectivity index (χ3v) is 10.1. The van der Waals surface area contributed by atoms with E-state index in [1.807, 2.05) is 23.1 Å². The molecule has 2 aromatic rings. The number of benzene rings is 1. The van der Waals surface area contributed by atoms with Gasteiger partial charge in [0.15, 0.2) is 6.61 Å². The molecular formula is C33H34N2O7S2. The number of hydrogen-bond acceptors (Lipinski definition) is 8. The monoisotopic (exact) mass is 634 g/mol. The molecule has 11 heteroatoms. The first kappa shape index (κ1) is 30.2. The van der Waals surface area contributed by atoms with E-state index in [0.717, 1.165) is 24.8 Å². The molecule has 6 rings (SSSR count). The molecule has 0 radical (unpaired) electrons. The highest BCUT2D eigenvalue weighted by Gasteiger charge is 2.48. The average molecular weight is 635 g/mol. The quantitative estimate of drug-likeness (QED) is 0.228. The van der Waals surface area contributed by atoms with Gasteiger partial charge in [0.25, 0.3) is 11.8 Å². The minimum absolute atomic E-state index is 0.0525. The maximum atomic E-state index is 13.3. The van der Waals surface area contributed by atoms with Crippen LogP contribution in [0.2, 0.25) is 0 Å². The van der Waals surface area contributed by atoms with Gasteiger partial charge in [-0.2, -0.15) is 0 Å². The number of carbonyl (C=O) groups is 3. The number of hydrogen-bond donors (Lipinski definition) is 2. The van der Waals surface area contributed by atoms with Crippen molar-refractivity contribution in [1.82, 2.24) is 10.2 Å². The van der Waals surface area contributed by atoms with Gasteiger partial charge >= 0.3 is 5.97 Å². The Balaban J connectivity index is 1.11. The summed E-state index contributed by atoms with van der Waals surface area (Å²) in [6.45, 7) is -0.372. The third-order valence-electron chi connectivity index (χ3n) is 8.73. The van der Waals surface area contributed by atoms with Crippen molar-refractivity contribution in [1.29, 1.82) is 0 Å². The SMILES string of the molecule is COc1cc(OCC(=O)NC(CC2=CC=CCC2)C(=O)O)cc(-c2ccc(C=C3SC(=S)N(C4CC5CCC4C5)C3=O)o2)c1. The number of nitrogens with one attached hydrogen (secondary N) is 1. The minimum atomic E-state index is -1.10. The lowest BCUT2D eigenvalue weighted by atomic mass is 9.94.